The highest BCUT2D eigenvalue weighted by Crippen LogP contribution is 2.24. The summed E-state index contributed by atoms with van der Waals surface area (Å²) in [7, 11) is -1.83. The van der Waals surface area contributed by atoms with Crippen LogP contribution in [0.5, 0.6) is 0 Å². The van der Waals surface area contributed by atoms with Crippen molar-refractivity contribution in [2.45, 2.75) is 17.9 Å². The third-order valence-electron chi connectivity index (χ3n) is 3.57. The topological polar surface area (TPSA) is 63.7 Å². The number of nitrogens with zero attached hydrogens (tertiary/aromatic N) is 1. The number of carbonyl (C=O) groups excluding carboxylic acids is 1. The van der Waals surface area contributed by atoms with E-state index in [1.54, 1.807) is 25.2 Å². The van der Waals surface area contributed by atoms with Gasteiger partial charge in [0.25, 0.3) is 0 Å². The molecule has 6 heteroatoms. The number of amides is 1. The van der Waals surface area contributed by atoms with Gasteiger partial charge < -0.3 is 9.64 Å². The fourth-order valence-corrected chi connectivity index (χ4v) is 3.18. The molecule has 1 amide bonds. The molecule has 0 aliphatic heterocycles. The zero-order chi connectivity index (χ0) is 17.6. The van der Waals surface area contributed by atoms with Crippen molar-refractivity contribution >= 4 is 21.4 Å². The molecule has 0 unspecified atom stereocenters. The van der Waals surface area contributed by atoms with Gasteiger partial charge in [0, 0.05) is 13.3 Å². The SMILES string of the molecule is CN(C(=O)CCOCc1ccccc1)c1ccccc1S(C)(=O)=O. The zero-order valence-corrected chi connectivity index (χ0v) is 14.6. The van der Waals surface area contributed by atoms with Gasteiger partial charge in [0.1, 0.15) is 0 Å². The first-order chi connectivity index (χ1) is 11.4. The molecular formula is C18H21NO4S. The lowest BCUT2D eigenvalue weighted by atomic mass is 10.2. The van der Waals surface area contributed by atoms with Gasteiger partial charge in [-0.25, -0.2) is 8.42 Å². The van der Waals surface area contributed by atoms with E-state index in [0.717, 1.165) is 11.8 Å². The number of anilines is 1. The standard InChI is InChI=1S/C18H21NO4S/c1-19(16-10-6-7-11-17(16)24(2,21)22)18(20)12-13-23-14-15-8-4-3-5-9-15/h3-11H,12-14H2,1-2H3. The molecule has 0 aliphatic carbocycles. The van der Waals surface area contributed by atoms with Gasteiger partial charge in [0.2, 0.25) is 5.91 Å². The Morgan fingerprint density at radius 3 is 2.33 bits per heavy atom. The van der Waals surface area contributed by atoms with E-state index in [1.807, 2.05) is 30.3 Å². The monoisotopic (exact) mass is 347 g/mol. The number of hydrogen-bond acceptors (Lipinski definition) is 4. The van der Waals surface area contributed by atoms with Crippen LogP contribution in [0, 0.1) is 0 Å². The van der Waals surface area contributed by atoms with E-state index in [4.69, 9.17) is 4.74 Å². The maximum Gasteiger partial charge on any atom is 0.229 e. The van der Waals surface area contributed by atoms with Crippen LogP contribution in [0.2, 0.25) is 0 Å². The minimum absolute atomic E-state index is 0.144. The molecule has 0 heterocycles. The average Bonchev–Trinajstić information content (AvgIpc) is 2.58. The van der Waals surface area contributed by atoms with Gasteiger partial charge >= 0.3 is 0 Å². The van der Waals surface area contributed by atoms with E-state index in [0.29, 0.717) is 12.3 Å². The molecular weight excluding hydrogens is 326 g/mol. The summed E-state index contributed by atoms with van der Waals surface area (Å²) in [6.07, 6.45) is 1.31. The first kappa shape index (κ1) is 18.2. The summed E-state index contributed by atoms with van der Waals surface area (Å²) in [5.41, 5.74) is 1.42. The van der Waals surface area contributed by atoms with Crippen molar-refractivity contribution in [1.29, 1.82) is 0 Å². The second-order valence-electron chi connectivity index (χ2n) is 5.48. The van der Waals surface area contributed by atoms with E-state index in [2.05, 4.69) is 0 Å². The molecule has 0 bridgehead atoms. The Balaban J connectivity index is 1.93. The van der Waals surface area contributed by atoms with Crippen molar-refractivity contribution < 1.29 is 17.9 Å². The van der Waals surface area contributed by atoms with Crippen LogP contribution >= 0.6 is 0 Å². The van der Waals surface area contributed by atoms with Gasteiger partial charge in [-0.1, -0.05) is 42.5 Å². The van der Waals surface area contributed by atoms with Crippen LogP contribution in [0.15, 0.2) is 59.5 Å². The maximum absolute atomic E-state index is 12.3. The van der Waals surface area contributed by atoms with Gasteiger partial charge in [-0.05, 0) is 17.7 Å². The van der Waals surface area contributed by atoms with E-state index in [1.165, 1.54) is 11.0 Å². The molecule has 2 aromatic carbocycles. The van der Waals surface area contributed by atoms with Crippen molar-refractivity contribution in [3.8, 4) is 0 Å². The van der Waals surface area contributed by atoms with Crippen LogP contribution in [-0.2, 0) is 26.0 Å². The van der Waals surface area contributed by atoms with Crippen molar-refractivity contribution in [1.82, 2.24) is 0 Å². The van der Waals surface area contributed by atoms with Crippen molar-refractivity contribution in [3.63, 3.8) is 0 Å². The first-order valence-corrected chi connectivity index (χ1v) is 9.46. The largest absolute Gasteiger partial charge is 0.376 e. The smallest absolute Gasteiger partial charge is 0.229 e. The quantitative estimate of drug-likeness (QED) is 0.723. The summed E-state index contributed by atoms with van der Waals surface area (Å²) in [5.74, 6) is -0.195. The van der Waals surface area contributed by atoms with Gasteiger partial charge in [0.05, 0.1) is 30.2 Å². The molecule has 0 spiro atoms. The maximum atomic E-state index is 12.3. The molecule has 2 rings (SSSR count). The molecule has 2 aromatic rings. The lowest BCUT2D eigenvalue weighted by molar-refractivity contribution is -0.119. The summed E-state index contributed by atoms with van der Waals surface area (Å²) in [6, 6.07) is 16.2. The normalized spacial score (nSPS) is 11.2. The fourth-order valence-electron chi connectivity index (χ4n) is 2.27. The van der Waals surface area contributed by atoms with Crippen LogP contribution in [0.3, 0.4) is 0 Å². The molecule has 0 saturated heterocycles. The first-order valence-electron chi connectivity index (χ1n) is 7.57. The van der Waals surface area contributed by atoms with Crippen molar-refractivity contribution in [2.75, 3.05) is 24.8 Å². The number of rotatable bonds is 7. The summed E-state index contributed by atoms with van der Waals surface area (Å²) in [6.45, 7) is 0.719. The minimum atomic E-state index is -3.40. The summed E-state index contributed by atoms with van der Waals surface area (Å²) < 4.78 is 29.2. The van der Waals surface area contributed by atoms with Crippen LogP contribution in [0.25, 0.3) is 0 Å². The van der Waals surface area contributed by atoms with Gasteiger partial charge in [-0.2, -0.15) is 0 Å². The van der Waals surface area contributed by atoms with Crippen molar-refractivity contribution in [3.05, 3.63) is 60.2 Å². The molecule has 5 nitrogen and oxygen atoms in total. The Hall–Kier alpha value is -2.18. The molecule has 24 heavy (non-hydrogen) atoms. The molecule has 0 aliphatic rings. The number of benzene rings is 2. The number of para-hydroxylation sites is 1. The molecule has 0 saturated carbocycles. The Morgan fingerprint density at radius 2 is 1.67 bits per heavy atom. The summed E-state index contributed by atoms with van der Waals surface area (Å²) in [5, 5.41) is 0. The minimum Gasteiger partial charge on any atom is -0.376 e. The lowest BCUT2D eigenvalue weighted by Gasteiger charge is -2.20. The van der Waals surface area contributed by atoms with E-state index in [9.17, 15) is 13.2 Å². The third-order valence-corrected chi connectivity index (χ3v) is 4.72. The van der Waals surface area contributed by atoms with Crippen LogP contribution in [0.1, 0.15) is 12.0 Å². The highest BCUT2D eigenvalue weighted by atomic mass is 32.2. The molecule has 0 aromatic heterocycles. The van der Waals surface area contributed by atoms with E-state index in [-0.39, 0.29) is 23.8 Å². The van der Waals surface area contributed by atoms with Crippen LogP contribution in [0.4, 0.5) is 5.69 Å². The molecule has 0 fully saturated rings. The number of hydrogen-bond donors (Lipinski definition) is 0. The van der Waals surface area contributed by atoms with Crippen LogP contribution in [-0.4, -0.2) is 34.2 Å². The number of ether oxygens (including phenoxy) is 1. The molecule has 0 N–H and O–H groups in total. The number of carbonyl (C=O) groups is 1. The van der Waals surface area contributed by atoms with Gasteiger partial charge in [-0.3, -0.25) is 4.79 Å². The third kappa shape index (κ3) is 4.91. The highest BCUT2D eigenvalue weighted by Gasteiger charge is 2.19. The van der Waals surface area contributed by atoms with Gasteiger partial charge in [-0.15, -0.1) is 0 Å². The Morgan fingerprint density at radius 1 is 1.04 bits per heavy atom. The lowest BCUT2D eigenvalue weighted by Crippen LogP contribution is -2.28. The average molecular weight is 347 g/mol. The fraction of sp³-hybridized carbons (Fsp3) is 0.278. The highest BCUT2D eigenvalue weighted by molar-refractivity contribution is 7.90. The molecule has 0 radical (unpaired) electrons. The second-order valence-corrected chi connectivity index (χ2v) is 7.46. The van der Waals surface area contributed by atoms with Crippen molar-refractivity contribution in [2.24, 2.45) is 0 Å². The molecule has 0 atom stereocenters. The van der Waals surface area contributed by atoms with Gasteiger partial charge in [0.15, 0.2) is 9.84 Å². The predicted molar refractivity (Wildman–Crippen MR) is 93.7 cm³/mol. The second kappa shape index (κ2) is 8.08. The predicted octanol–water partition coefficient (Wildman–Crippen LogP) is 2.66. The Bertz CT molecular complexity index is 788. The summed E-state index contributed by atoms with van der Waals surface area (Å²) >= 11 is 0. The zero-order valence-electron chi connectivity index (χ0n) is 13.8. The van der Waals surface area contributed by atoms with E-state index < -0.39 is 9.84 Å². The molecule has 128 valence electrons. The van der Waals surface area contributed by atoms with Crippen LogP contribution < -0.4 is 4.90 Å². The number of sulfone groups is 1. The Kier molecular flexibility index (Phi) is 6.11. The van der Waals surface area contributed by atoms with E-state index >= 15 is 0 Å². The Labute approximate surface area is 142 Å². The summed E-state index contributed by atoms with van der Waals surface area (Å²) in [4.78, 5) is 13.8.